The molecule has 5 heteroatoms. The summed E-state index contributed by atoms with van der Waals surface area (Å²) in [7, 11) is 0. The first-order chi connectivity index (χ1) is 8.97. The molecule has 0 unspecified atom stereocenters. The van der Waals surface area contributed by atoms with Gasteiger partial charge in [-0.2, -0.15) is 0 Å². The van der Waals surface area contributed by atoms with E-state index in [1.54, 1.807) is 36.4 Å². The number of nitrogens with two attached hydrogens (primary N) is 1. The van der Waals surface area contributed by atoms with E-state index < -0.39 is 0 Å². The van der Waals surface area contributed by atoms with E-state index in [2.05, 4.69) is 21.2 Å². The highest BCUT2D eigenvalue weighted by Crippen LogP contribution is 2.25. The highest BCUT2D eigenvalue weighted by molar-refractivity contribution is 9.10. The van der Waals surface area contributed by atoms with E-state index in [-0.39, 0.29) is 11.7 Å². The maximum Gasteiger partial charge on any atom is 0.255 e. The Labute approximate surface area is 119 Å². The molecule has 0 aliphatic rings. The lowest BCUT2D eigenvalue weighted by atomic mass is 10.1. The van der Waals surface area contributed by atoms with Crippen molar-refractivity contribution in [3.63, 3.8) is 0 Å². The third kappa shape index (κ3) is 3.06. The standard InChI is InChI=1S/C14H13BrN2O2/c1-8-2-5-13(18)12(6-8)17-14(19)9-3-4-10(15)11(16)7-9/h2-7,18H,16H2,1H3,(H,17,19). The number of amides is 1. The quantitative estimate of drug-likeness (QED) is 0.587. The Morgan fingerprint density at radius 1 is 1.26 bits per heavy atom. The van der Waals surface area contributed by atoms with E-state index in [0.29, 0.717) is 16.9 Å². The monoisotopic (exact) mass is 320 g/mol. The number of benzene rings is 2. The van der Waals surface area contributed by atoms with Crippen LogP contribution in [0.25, 0.3) is 0 Å². The number of phenols is 1. The molecule has 0 aliphatic carbocycles. The van der Waals surface area contributed by atoms with Crippen LogP contribution < -0.4 is 11.1 Å². The maximum absolute atomic E-state index is 12.0. The number of hydrogen-bond acceptors (Lipinski definition) is 3. The first-order valence-corrected chi connectivity index (χ1v) is 6.42. The second kappa shape index (κ2) is 5.32. The lowest BCUT2D eigenvalue weighted by molar-refractivity contribution is 0.102. The fourth-order valence-electron chi connectivity index (χ4n) is 1.63. The fraction of sp³-hybridized carbons (Fsp3) is 0.0714. The molecule has 1 amide bonds. The Kier molecular flexibility index (Phi) is 3.76. The van der Waals surface area contributed by atoms with E-state index in [9.17, 15) is 9.90 Å². The smallest absolute Gasteiger partial charge is 0.255 e. The minimum absolute atomic E-state index is 0.0315. The number of nitrogens with one attached hydrogen (secondary N) is 1. The molecule has 0 saturated heterocycles. The van der Waals surface area contributed by atoms with Gasteiger partial charge in [-0.15, -0.1) is 0 Å². The van der Waals surface area contributed by atoms with E-state index in [0.717, 1.165) is 10.0 Å². The Bertz CT molecular complexity index is 641. The number of rotatable bonds is 2. The van der Waals surface area contributed by atoms with Gasteiger partial charge in [-0.05, 0) is 58.7 Å². The first-order valence-electron chi connectivity index (χ1n) is 5.63. The van der Waals surface area contributed by atoms with Crippen LogP contribution in [0.5, 0.6) is 5.75 Å². The molecule has 0 heterocycles. The highest BCUT2D eigenvalue weighted by atomic mass is 79.9. The van der Waals surface area contributed by atoms with Crippen LogP contribution in [0.15, 0.2) is 40.9 Å². The van der Waals surface area contributed by atoms with Crippen molar-refractivity contribution in [3.05, 3.63) is 52.0 Å². The first kappa shape index (κ1) is 13.4. The van der Waals surface area contributed by atoms with Crippen molar-refractivity contribution in [2.45, 2.75) is 6.92 Å². The molecule has 4 nitrogen and oxygen atoms in total. The van der Waals surface area contributed by atoms with Gasteiger partial charge >= 0.3 is 0 Å². The highest BCUT2D eigenvalue weighted by Gasteiger charge is 2.10. The minimum Gasteiger partial charge on any atom is -0.506 e. The van der Waals surface area contributed by atoms with Gasteiger partial charge in [-0.3, -0.25) is 4.79 Å². The number of hydrogen-bond donors (Lipinski definition) is 3. The van der Waals surface area contributed by atoms with Gasteiger partial charge in [0.15, 0.2) is 0 Å². The number of carbonyl (C=O) groups is 1. The Balaban J connectivity index is 2.25. The molecule has 0 aliphatic heterocycles. The lowest BCUT2D eigenvalue weighted by Gasteiger charge is -2.09. The summed E-state index contributed by atoms with van der Waals surface area (Å²) in [4.78, 5) is 12.0. The van der Waals surface area contributed by atoms with Gasteiger partial charge in [0.05, 0.1) is 5.69 Å². The molecule has 19 heavy (non-hydrogen) atoms. The summed E-state index contributed by atoms with van der Waals surface area (Å²) < 4.78 is 0.738. The zero-order valence-electron chi connectivity index (χ0n) is 10.3. The van der Waals surface area contributed by atoms with Crippen molar-refractivity contribution in [1.29, 1.82) is 0 Å². The molecule has 2 aromatic carbocycles. The number of aryl methyl sites for hydroxylation is 1. The van der Waals surface area contributed by atoms with Crippen molar-refractivity contribution in [2.24, 2.45) is 0 Å². The number of carbonyl (C=O) groups excluding carboxylic acids is 1. The minimum atomic E-state index is -0.319. The largest absolute Gasteiger partial charge is 0.506 e. The number of nitrogen functional groups attached to an aromatic ring is 1. The Hall–Kier alpha value is -2.01. The fourth-order valence-corrected chi connectivity index (χ4v) is 1.88. The van der Waals surface area contributed by atoms with Crippen molar-refractivity contribution < 1.29 is 9.90 Å². The molecule has 0 saturated carbocycles. The molecule has 0 spiro atoms. The second-order valence-electron chi connectivity index (χ2n) is 4.21. The summed E-state index contributed by atoms with van der Waals surface area (Å²) >= 11 is 3.27. The molecule has 98 valence electrons. The zero-order valence-corrected chi connectivity index (χ0v) is 11.9. The molecule has 2 aromatic rings. The molecule has 0 fully saturated rings. The zero-order chi connectivity index (χ0) is 14.0. The van der Waals surface area contributed by atoms with Gasteiger partial charge in [0.2, 0.25) is 0 Å². The van der Waals surface area contributed by atoms with Gasteiger partial charge in [0.1, 0.15) is 5.75 Å². The summed E-state index contributed by atoms with van der Waals surface area (Å²) in [5.74, 6) is -0.288. The number of halogens is 1. The molecule has 4 N–H and O–H groups in total. The SMILES string of the molecule is Cc1ccc(O)c(NC(=O)c2ccc(Br)c(N)c2)c1. The summed E-state index contributed by atoms with van der Waals surface area (Å²) in [6.45, 7) is 1.88. The van der Waals surface area contributed by atoms with Gasteiger partial charge in [-0.25, -0.2) is 0 Å². The summed E-state index contributed by atoms with van der Waals surface area (Å²) in [5.41, 5.74) is 7.98. The normalized spacial score (nSPS) is 10.2. The van der Waals surface area contributed by atoms with Crippen molar-refractivity contribution >= 4 is 33.2 Å². The average Bonchev–Trinajstić information content (AvgIpc) is 2.37. The molecule has 0 bridgehead atoms. The molecule has 2 rings (SSSR count). The number of aromatic hydroxyl groups is 1. The van der Waals surface area contributed by atoms with E-state index in [4.69, 9.17) is 5.73 Å². The number of anilines is 2. The molecule has 0 aromatic heterocycles. The van der Waals surface area contributed by atoms with E-state index >= 15 is 0 Å². The van der Waals surface area contributed by atoms with Crippen LogP contribution in [0.3, 0.4) is 0 Å². The van der Waals surface area contributed by atoms with Crippen LogP contribution in [0.1, 0.15) is 15.9 Å². The summed E-state index contributed by atoms with van der Waals surface area (Å²) in [6.07, 6.45) is 0. The van der Waals surface area contributed by atoms with Crippen LogP contribution in [0, 0.1) is 6.92 Å². The van der Waals surface area contributed by atoms with Crippen molar-refractivity contribution in [1.82, 2.24) is 0 Å². The van der Waals surface area contributed by atoms with Gasteiger partial charge < -0.3 is 16.2 Å². The predicted octanol–water partition coefficient (Wildman–Crippen LogP) is 3.30. The molecular formula is C14H13BrN2O2. The molecule has 0 atom stereocenters. The van der Waals surface area contributed by atoms with Crippen LogP contribution in [0.4, 0.5) is 11.4 Å². The van der Waals surface area contributed by atoms with Crippen molar-refractivity contribution in [2.75, 3.05) is 11.1 Å². The van der Waals surface area contributed by atoms with E-state index in [1.807, 2.05) is 6.92 Å². The predicted molar refractivity (Wildman–Crippen MR) is 79.4 cm³/mol. The van der Waals surface area contributed by atoms with Gasteiger partial charge in [-0.1, -0.05) is 6.07 Å². The van der Waals surface area contributed by atoms with Gasteiger partial charge in [0.25, 0.3) is 5.91 Å². The van der Waals surface area contributed by atoms with Crippen LogP contribution in [0.2, 0.25) is 0 Å². The number of phenolic OH excluding ortho intramolecular Hbond substituents is 1. The van der Waals surface area contributed by atoms with E-state index in [1.165, 1.54) is 0 Å². The maximum atomic E-state index is 12.0. The third-order valence-electron chi connectivity index (χ3n) is 2.66. The molecular weight excluding hydrogens is 308 g/mol. The lowest BCUT2D eigenvalue weighted by Crippen LogP contribution is -2.12. The third-order valence-corrected chi connectivity index (χ3v) is 3.38. The Morgan fingerprint density at radius 3 is 2.68 bits per heavy atom. The topological polar surface area (TPSA) is 75.3 Å². The Morgan fingerprint density at radius 2 is 2.00 bits per heavy atom. The summed E-state index contributed by atoms with van der Waals surface area (Å²) in [6, 6.07) is 9.95. The van der Waals surface area contributed by atoms with Gasteiger partial charge in [0, 0.05) is 15.7 Å². The van der Waals surface area contributed by atoms with Crippen LogP contribution in [-0.4, -0.2) is 11.0 Å². The summed E-state index contributed by atoms with van der Waals surface area (Å²) in [5, 5.41) is 12.3. The van der Waals surface area contributed by atoms with Crippen LogP contribution in [-0.2, 0) is 0 Å². The molecule has 0 radical (unpaired) electrons. The van der Waals surface area contributed by atoms with Crippen LogP contribution >= 0.6 is 15.9 Å². The van der Waals surface area contributed by atoms with Crippen molar-refractivity contribution in [3.8, 4) is 5.75 Å². The average molecular weight is 321 g/mol. The second-order valence-corrected chi connectivity index (χ2v) is 5.07.